The van der Waals surface area contributed by atoms with Crippen LogP contribution in [0, 0.1) is 26.6 Å². The molecule has 0 N–H and O–H groups in total. The molecule has 3 aromatic rings. The number of ketones is 1. The van der Waals surface area contributed by atoms with Crippen molar-refractivity contribution >= 4 is 5.78 Å². The Morgan fingerprint density at radius 1 is 1.14 bits per heavy atom. The summed E-state index contributed by atoms with van der Waals surface area (Å²) >= 11 is 0. The van der Waals surface area contributed by atoms with Crippen molar-refractivity contribution < 1.29 is 22.4 Å². The highest BCUT2D eigenvalue weighted by Gasteiger charge is 2.30. The van der Waals surface area contributed by atoms with Gasteiger partial charge in [0.05, 0.1) is 0 Å². The number of nitrogens with zero attached hydrogens (tertiary/aromatic N) is 5. The zero-order valence-electron chi connectivity index (χ0n) is 15.4. The number of hydrogen-bond donors (Lipinski definition) is 0. The molecule has 6 nitrogen and oxygen atoms in total. The topological polar surface area (TPSA) is 65.6 Å². The number of rotatable bonds is 5. The molecule has 0 aliphatic rings. The fourth-order valence-electron chi connectivity index (χ4n) is 2.93. The van der Waals surface area contributed by atoms with Crippen molar-refractivity contribution in [1.82, 2.24) is 24.8 Å². The maximum absolute atomic E-state index is 13.4. The molecule has 0 spiro atoms. The van der Waals surface area contributed by atoms with Gasteiger partial charge in [-0.25, -0.2) is 4.39 Å². The molecular weight excluding hydrogens is 378 g/mol. The molecule has 3 rings (SSSR count). The first-order chi connectivity index (χ1) is 13.0. The third kappa shape index (κ3) is 4.10. The van der Waals surface area contributed by atoms with E-state index in [9.17, 15) is 22.4 Å². The van der Waals surface area contributed by atoms with Gasteiger partial charge < -0.3 is 4.57 Å². The number of aryl methyl sites for hydroxylation is 2. The SMILES string of the molecule is Cc1cc(-c2nnn(CC(=O)c3cc(C)n(CC(F)(F)F)c3C)n2)ccc1F. The van der Waals surface area contributed by atoms with Gasteiger partial charge in [-0.1, -0.05) is 0 Å². The van der Waals surface area contributed by atoms with E-state index in [-0.39, 0.29) is 29.4 Å². The Morgan fingerprint density at radius 3 is 2.50 bits per heavy atom. The first-order valence-corrected chi connectivity index (χ1v) is 8.36. The summed E-state index contributed by atoms with van der Waals surface area (Å²) < 4.78 is 52.6. The van der Waals surface area contributed by atoms with Crippen molar-refractivity contribution in [2.45, 2.75) is 40.0 Å². The van der Waals surface area contributed by atoms with E-state index >= 15 is 0 Å². The van der Waals surface area contributed by atoms with Gasteiger partial charge in [-0.3, -0.25) is 4.79 Å². The fourth-order valence-corrected chi connectivity index (χ4v) is 2.93. The summed E-state index contributed by atoms with van der Waals surface area (Å²) in [5, 5.41) is 11.8. The van der Waals surface area contributed by atoms with Gasteiger partial charge in [0.25, 0.3) is 0 Å². The zero-order valence-corrected chi connectivity index (χ0v) is 15.4. The molecule has 2 aromatic heterocycles. The minimum absolute atomic E-state index is 0.179. The van der Waals surface area contributed by atoms with Crippen molar-refractivity contribution in [1.29, 1.82) is 0 Å². The fraction of sp³-hybridized carbons (Fsp3) is 0.333. The predicted molar refractivity (Wildman–Crippen MR) is 92.2 cm³/mol. The van der Waals surface area contributed by atoms with E-state index in [4.69, 9.17) is 0 Å². The van der Waals surface area contributed by atoms with E-state index in [0.717, 1.165) is 9.36 Å². The van der Waals surface area contributed by atoms with Crippen LogP contribution in [0.5, 0.6) is 0 Å². The molecule has 148 valence electrons. The van der Waals surface area contributed by atoms with Crippen LogP contribution in [-0.2, 0) is 13.1 Å². The average molecular weight is 395 g/mol. The van der Waals surface area contributed by atoms with Crippen LogP contribution in [0.2, 0.25) is 0 Å². The molecule has 0 amide bonds. The number of aromatic nitrogens is 5. The number of hydrogen-bond acceptors (Lipinski definition) is 4. The lowest BCUT2D eigenvalue weighted by Crippen LogP contribution is -2.20. The summed E-state index contributed by atoms with van der Waals surface area (Å²) in [5.41, 5.74) is 1.71. The van der Waals surface area contributed by atoms with Gasteiger partial charge >= 0.3 is 6.18 Å². The van der Waals surface area contributed by atoms with Crippen molar-refractivity contribution in [3.05, 3.63) is 52.6 Å². The molecule has 0 saturated carbocycles. The molecule has 0 radical (unpaired) electrons. The van der Waals surface area contributed by atoms with Gasteiger partial charge in [-0.2, -0.15) is 18.0 Å². The molecule has 0 atom stereocenters. The number of alkyl halides is 3. The normalized spacial score (nSPS) is 11.8. The molecule has 2 heterocycles. The molecule has 28 heavy (non-hydrogen) atoms. The zero-order chi connectivity index (χ0) is 20.6. The van der Waals surface area contributed by atoms with Gasteiger partial charge in [-0.15, -0.1) is 10.2 Å². The monoisotopic (exact) mass is 395 g/mol. The largest absolute Gasteiger partial charge is 0.406 e. The Hall–Kier alpha value is -3.04. The quantitative estimate of drug-likeness (QED) is 0.489. The predicted octanol–water partition coefficient (Wildman–Crippen LogP) is 3.65. The highest BCUT2D eigenvalue weighted by atomic mass is 19.4. The second kappa shape index (κ2) is 7.17. The van der Waals surface area contributed by atoms with Crippen molar-refractivity contribution in [2.75, 3.05) is 0 Å². The Morgan fingerprint density at radius 2 is 1.86 bits per heavy atom. The smallest absolute Gasteiger partial charge is 0.339 e. The van der Waals surface area contributed by atoms with Crippen molar-refractivity contribution in [3.63, 3.8) is 0 Å². The molecule has 1 aromatic carbocycles. The van der Waals surface area contributed by atoms with Crippen LogP contribution in [-0.4, -0.2) is 36.7 Å². The van der Waals surface area contributed by atoms with Crippen LogP contribution >= 0.6 is 0 Å². The maximum atomic E-state index is 13.4. The van der Waals surface area contributed by atoms with E-state index in [2.05, 4.69) is 15.4 Å². The third-order valence-corrected chi connectivity index (χ3v) is 4.37. The molecular formula is C18H17F4N5O. The highest BCUT2D eigenvalue weighted by Crippen LogP contribution is 2.24. The van der Waals surface area contributed by atoms with Crippen LogP contribution < -0.4 is 0 Å². The lowest BCUT2D eigenvalue weighted by Gasteiger charge is -2.12. The van der Waals surface area contributed by atoms with E-state index in [1.807, 2.05) is 0 Å². The molecule has 0 saturated heterocycles. The molecule has 0 aliphatic heterocycles. The van der Waals surface area contributed by atoms with Crippen LogP contribution in [0.1, 0.15) is 27.3 Å². The molecule has 0 unspecified atom stereocenters. The number of carbonyl (C=O) groups excluding carboxylic acids is 1. The number of halogens is 4. The lowest BCUT2D eigenvalue weighted by atomic mass is 10.1. The minimum atomic E-state index is -4.38. The molecule has 0 fully saturated rings. The summed E-state index contributed by atoms with van der Waals surface area (Å²) in [6.07, 6.45) is -4.38. The van der Waals surface area contributed by atoms with Crippen molar-refractivity contribution in [3.8, 4) is 11.4 Å². The maximum Gasteiger partial charge on any atom is 0.406 e. The standard InChI is InChI=1S/C18H17F4N5O/c1-10-6-13(4-5-15(10)19)17-23-25-27(24-17)8-16(28)14-7-11(2)26(12(14)3)9-18(20,21)22/h4-7H,8-9H2,1-3H3. The molecule has 0 bridgehead atoms. The Kier molecular flexibility index (Phi) is 5.05. The van der Waals surface area contributed by atoms with Crippen LogP contribution in [0.3, 0.4) is 0 Å². The third-order valence-electron chi connectivity index (χ3n) is 4.37. The molecule has 0 aliphatic carbocycles. The van der Waals surface area contributed by atoms with Crippen LogP contribution in [0.4, 0.5) is 17.6 Å². The van der Waals surface area contributed by atoms with Gasteiger partial charge in [0.1, 0.15) is 18.9 Å². The van der Waals surface area contributed by atoms with Crippen molar-refractivity contribution in [2.24, 2.45) is 0 Å². The minimum Gasteiger partial charge on any atom is -0.339 e. The first kappa shape index (κ1) is 19.7. The van der Waals surface area contributed by atoms with E-state index in [1.165, 1.54) is 32.0 Å². The second-order valence-electron chi connectivity index (χ2n) is 6.52. The first-order valence-electron chi connectivity index (χ1n) is 8.36. The van der Waals surface area contributed by atoms with E-state index < -0.39 is 18.5 Å². The lowest BCUT2D eigenvalue weighted by molar-refractivity contribution is -0.141. The van der Waals surface area contributed by atoms with Gasteiger partial charge in [0.15, 0.2) is 5.78 Å². The van der Waals surface area contributed by atoms with Gasteiger partial charge in [0, 0.05) is 22.5 Å². The Labute approximate surface area is 157 Å². The van der Waals surface area contributed by atoms with E-state index in [1.54, 1.807) is 13.0 Å². The summed E-state index contributed by atoms with van der Waals surface area (Å²) in [6.45, 7) is 3.15. The molecule has 10 heteroatoms. The number of Topliss-reactive ketones (excluding diaryl/α,β-unsaturated/α-hetero) is 1. The Balaban J connectivity index is 1.80. The number of benzene rings is 1. The summed E-state index contributed by atoms with van der Waals surface area (Å²) in [7, 11) is 0. The van der Waals surface area contributed by atoms with Gasteiger partial charge in [0.2, 0.25) is 5.82 Å². The number of carbonyl (C=O) groups is 1. The average Bonchev–Trinajstić information content (AvgIpc) is 3.16. The highest BCUT2D eigenvalue weighted by molar-refractivity contribution is 5.97. The Bertz CT molecular complexity index is 1040. The second-order valence-corrected chi connectivity index (χ2v) is 6.52. The summed E-state index contributed by atoms with van der Waals surface area (Å²) in [6, 6.07) is 5.76. The van der Waals surface area contributed by atoms with E-state index in [0.29, 0.717) is 16.8 Å². The summed E-state index contributed by atoms with van der Waals surface area (Å²) in [5.74, 6) is -0.570. The van der Waals surface area contributed by atoms with Crippen LogP contribution in [0.15, 0.2) is 24.3 Å². The van der Waals surface area contributed by atoms with Crippen LogP contribution in [0.25, 0.3) is 11.4 Å². The summed E-state index contributed by atoms with van der Waals surface area (Å²) in [4.78, 5) is 13.6. The van der Waals surface area contributed by atoms with Gasteiger partial charge in [-0.05, 0) is 55.8 Å². The number of tetrazole rings is 1.